The molecule has 0 aromatic heterocycles. The van der Waals surface area contributed by atoms with Crippen LogP contribution < -0.4 is 0 Å². The smallest absolute Gasteiger partial charge is 0.249 e. The van der Waals surface area contributed by atoms with E-state index in [1.807, 2.05) is 49.1 Å². The van der Waals surface area contributed by atoms with Gasteiger partial charge in [-0.05, 0) is 31.0 Å². The van der Waals surface area contributed by atoms with Crippen molar-refractivity contribution in [1.82, 2.24) is 9.80 Å². The number of nitriles is 1. The number of hydrogen-bond acceptors (Lipinski definition) is 3. The van der Waals surface area contributed by atoms with Crippen LogP contribution in [-0.2, 0) is 11.3 Å². The summed E-state index contributed by atoms with van der Waals surface area (Å²) >= 11 is 0. The second-order valence-electron chi connectivity index (χ2n) is 5.67. The van der Waals surface area contributed by atoms with Crippen molar-refractivity contribution in [3.8, 4) is 6.07 Å². The molecule has 1 amide bonds. The highest BCUT2D eigenvalue weighted by Gasteiger charge is 2.21. The van der Waals surface area contributed by atoms with Gasteiger partial charge in [-0.15, -0.1) is 0 Å². The van der Waals surface area contributed by atoms with Gasteiger partial charge in [0.15, 0.2) is 0 Å². The maximum Gasteiger partial charge on any atom is 0.249 e. The van der Waals surface area contributed by atoms with Crippen LogP contribution in [0.2, 0.25) is 0 Å². The van der Waals surface area contributed by atoms with Gasteiger partial charge >= 0.3 is 0 Å². The van der Waals surface area contributed by atoms with Gasteiger partial charge in [0.25, 0.3) is 0 Å². The lowest BCUT2D eigenvalue weighted by molar-refractivity contribution is -0.128. The third-order valence-electron chi connectivity index (χ3n) is 4.00. The van der Waals surface area contributed by atoms with Crippen LogP contribution in [0, 0.1) is 11.3 Å². The van der Waals surface area contributed by atoms with E-state index < -0.39 is 0 Å². The lowest BCUT2D eigenvalue weighted by Gasteiger charge is -2.35. The minimum Gasteiger partial charge on any atom is -0.336 e. The predicted molar refractivity (Wildman–Crippen MR) is 87.1 cm³/mol. The van der Waals surface area contributed by atoms with E-state index in [1.54, 1.807) is 0 Å². The highest BCUT2D eigenvalue weighted by atomic mass is 16.2. The molecule has 0 bridgehead atoms. The zero-order valence-electron chi connectivity index (χ0n) is 13.4. The first kappa shape index (κ1) is 16.3. The van der Waals surface area contributed by atoms with Gasteiger partial charge in [-0.2, -0.15) is 5.26 Å². The second kappa shape index (κ2) is 7.77. The van der Waals surface area contributed by atoms with Crippen LogP contribution in [0.15, 0.2) is 35.9 Å². The molecule has 0 radical (unpaired) electrons. The molecule has 1 heterocycles. The van der Waals surface area contributed by atoms with Crippen molar-refractivity contribution in [2.45, 2.75) is 26.8 Å². The Morgan fingerprint density at radius 1 is 1.23 bits per heavy atom. The fraction of sp³-hybridized carbons (Fsp3) is 0.444. The van der Waals surface area contributed by atoms with Crippen LogP contribution >= 0.6 is 0 Å². The molecule has 1 aliphatic heterocycles. The molecule has 0 N–H and O–H groups in total. The number of hydrogen-bond donors (Lipinski definition) is 0. The average Bonchev–Trinajstić information content (AvgIpc) is 2.56. The normalized spacial score (nSPS) is 16.4. The number of amides is 1. The number of carbonyl (C=O) groups is 1. The number of allylic oxidation sites excluding steroid dienone is 1. The monoisotopic (exact) mass is 297 g/mol. The van der Waals surface area contributed by atoms with Crippen LogP contribution in [0.5, 0.6) is 0 Å². The molecule has 4 heteroatoms. The Labute approximate surface area is 132 Å². The molecule has 0 spiro atoms. The summed E-state index contributed by atoms with van der Waals surface area (Å²) in [6, 6.07) is 9.85. The zero-order chi connectivity index (χ0) is 15.9. The van der Waals surface area contributed by atoms with Gasteiger partial charge in [-0.1, -0.05) is 25.1 Å². The van der Waals surface area contributed by atoms with Gasteiger partial charge in [-0.25, -0.2) is 0 Å². The molecule has 2 rings (SSSR count). The van der Waals surface area contributed by atoms with Crippen molar-refractivity contribution in [2.24, 2.45) is 0 Å². The van der Waals surface area contributed by atoms with E-state index in [-0.39, 0.29) is 5.91 Å². The zero-order valence-corrected chi connectivity index (χ0v) is 13.4. The lowest BCUT2D eigenvalue weighted by Crippen LogP contribution is -2.48. The van der Waals surface area contributed by atoms with Crippen molar-refractivity contribution in [2.75, 3.05) is 26.2 Å². The molecular weight excluding hydrogens is 274 g/mol. The van der Waals surface area contributed by atoms with Crippen molar-refractivity contribution in [1.29, 1.82) is 5.26 Å². The molecule has 0 aliphatic carbocycles. The van der Waals surface area contributed by atoms with Crippen LogP contribution in [-0.4, -0.2) is 41.9 Å². The van der Waals surface area contributed by atoms with E-state index in [4.69, 9.17) is 5.26 Å². The number of nitrogens with zero attached hydrogens (tertiary/aromatic N) is 3. The molecule has 4 nitrogen and oxygen atoms in total. The third kappa shape index (κ3) is 4.19. The first-order valence-electron chi connectivity index (χ1n) is 7.81. The Morgan fingerprint density at radius 3 is 2.41 bits per heavy atom. The highest BCUT2D eigenvalue weighted by molar-refractivity contribution is 5.92. The largest absolute Gasteiger partial charge is 0.336 e. The summed E-state index contributed by atoms with van der Waals surface area (Å²) in [5.41, 5.74) is 2.75. The van der Waals surface area contributed by atoms with Crippen LogP contribution in [0.25, 0.3) is 0 Å². The average molecular weight is 297 g/mol. The molecule has 1 saturated heterocycles. The van der Waals surface area contributed by atoms with Gasteiger partial charge in [0.2, 0.25) is 5.91 Å². The summed E-state index contributed by atoms with van der Waals surface area (Å²) in [4.78, 5) is 16.5. The molecule has 1 aromatic carbocycles. The summed E-state index contributed by atoms with van der Waals surface area (Å²) in [7, 11) is 0. The quantitative estimate of drug-likeness (QED) is 0.802. The number of rotatable bonds is 4. The minimum atomic E-state index is 0.167. The molecular formula is C18H23N3O. The Morgan fingerprint density at radius 2 is 1.86 bits per heavy atom. The topological polar surface area (TPSA) is 47.3 Å². The fourth-order valence-electron chi connectivity index (χ4n) is 2.69. The molecule has 0 atom stereocenters. The number of carbonyl (C=O) groups excluding carboxylic acids is 1. The molecule has 0 saturated carbocycles. The Bertz CT molecular complexity index is 575. The maximum absolute atomic E-state index is 12.2. The van der Waals surface area contributed by atoms with Crippen LogP contribution in [0.1, 0.15) is 31.4 Å². The van der Waals surface area contributed by atoms with Crippen molar-refractivity contribution >= 4 is 5.91 Å². The molecule has 116 valence electrons. The standard InChI is InChI=1S/C18H23N3O/c1-3-4-15(2)18(22)21-11-9-20(10-12-21)14-17-7-5-16(13-19)6-8-17/h4-8H,3,9-12,14H2,1-2H3. The molecule has 1 aliphatic rings. The minimum absolute atomic E-state index is 0.167. The molecule has 1 fully saturated rings. The van der Waals surface area contributed by atoms with Crippen molar-refractivity contribution in [3.63, 3.8) is 0 Å². The maximum atomic E-state index is 12.2. The van der Waals surface area contributed by atoms with Crippen LogP contribution in [0.3, 0.4) is 0 Å². The van der Waals surface area contributed by atoms with E-state index in [2.05, 4.69) is 11.0 Å². The third-order valence-corrected chi connectivity index (χ3v) is 4.00. The Hall–Kier alpha value is -2.12. The predicted octanol–water partition coefficient (Wildman–Crippen LogP) is 2.56. The number of piperazine rings is 1. The van der Waals surface area contributed by atoms with Gasteiger partial charge in [0.1, 0.15) is 0 Å². The molecule has 1 aromatic rings. The highest BCUT2D eigenvalue weighted by Crippen LogP contribution is 2.12. The molecule has 0 unspecified atom stereocenters. The second-order valence-corrected chi connectivity index (χ2v) is 5.67. The fourth-order valence-corrected chi connectivity index (χ4v) is 2.69. The van der Waals surface area contributed by atoms with Gasteiger partial charge in [0, 0.05) is 38.3 Å². The van der Waals surface area contributed by atoms with Gasteiger partial charge < -0.3 is 4.90 Å². The first-order valence-corrected chi connectivity index (χ1v) is 7.81. The van der Waals surface area contributed by atoms with E-state index in [9.17, 15) is 4.79 Å². The van der Waals surface area contributed by atoms with Gasteiger partial charge in [-0.3, -0.25) is 9.69 Å². The van der Waals surface area contributed by atoms with Gasteiger partial charge in [0.05, 0.1) is 11.6 Å². The summed E-state index contributed by atoms with van der Waals surface area (Å²) in [6.45, 7) is 8.17. The summed E-state index contributed by atoms with van der Waals surface area (Å²) < 4.78 is 0. The van der Waals surface area contributed by atoms with E-state index >= 15 is 0 Å². The van der Waals surface area contributed by atoms with Crippen LogP contribution in [0.4, 0.5) is 0 Å². The van der Waals surface area contributed by atoms with E-state index in [0.29, 0.717) is 5.56 Å². The Kier molecular flexibility index (Phi) is 5.74. The van der Waals surface area contributed by atoms with E-state index in [1.165, 1.54) is 5.56 Å². The Balaban J connectivity index is 1.85. The summed E-state index contributed by atoms with van der Waals surface area (Å²) in [5, 5.41) is 8.81. The lowest BCUT2D eigenvalue weighted by atomic mass is 10.1. The molecule has 22 heavy (non-hydrogen) atoms. The SMILES string of the molecule is CCC=C(C)C(=O)N1CCN(Cc2ccc(C#N)cc2)CC1. The van der Waals surface area contributed by atoms with Crippen molar-refractivity contribution in [3.05, 3.63) is 47.0 Å². The first-order chi connectivity index (χ1) is 10.6. The summed E-state index contributed by atoms with van der Waals surface area (Å²) in [5.74, 6) is 0.167. The van der Waals surface area contributed by atoms with Crippen molar-refractivity contribution < 1.29 is 4.79 Å². The number of benzene rings is 1. The summed E-state index contributed by atoms with van der Waals surface area (Å²) in [6.07, 6.45) is 2.89. The van der Waals surface area contributed by atoms with E-state index in [0.717, 1.165) is 44.7 Å².